The molecule has 0 radical (unpaired) electrons. The second-order valence-electron chi connectivity index (χ2n) is 6.36. The minimum atomic E-state index is -0.345. The van der Waals surface area contributed by atoms with Gasteiger partial charge in [0.2, 0.25) is 0 Å². The normalized spacial score (nSPS) is 19.1. The van der Waals surface area contributed by atoms with Gasteiger partial charge < -0.3 is 5.32 Å². The summed E-state index contributed by atoms with van der Waals surface area (Å²) >= 11 is 5.74. The molecule has 1 aromatic carbocycles. The number of benzene rings is 1. The van der Waals surface area contributed by atoms with E-state index in [1.165, 1.54) is 32.0 Å². The van der Waals surface area contributed by atoms with E-state index in [0.717, 1.165) is 12.1 Å². The molecule has 0 bridgehead atoms. The van der Waals surface area contributed by atoms with Gasteiger partial charge in [0.05, 0.1) is 5.02 Å². The standard InChI is InChI=1S/C17H26ClFN2/c1-12(2)17(21-8-4-5-9-21)11-20-13(3)14-6-7-15(18)16(19)10-14/h6-7,10,12-13,17,20H,4-5,8-9,11H2,1-3H3. The number of halogens is 2. The first-order valence-electron chi connectivity index (χ1n) is 7.91. The summed E-state index contributed by atoms with van der Waals surface area (Å²) in [5.41, 5.74) is 0.945. The van der Waals surface area contributed by atoms with Crippen LogP contribution < -0.4 is 5.32 Å². The second kappa shape index (κ2) is 7.57. The van der Waals surface area contributed by atoms with Gasteiger partial charge in [0, 0.05) is 18.6 Å². The molecule has 1 N–H and O–H groups in total. The van der Waals surface area contributed by atoms with Crippen molar-refractivity contribution in [2.75, 3.05) is 19.6 Å². The molecule has 0 saturated carbocycles. The van der Waals surface area contributed by atoms with Gasteiger partial charge in [-0.05, 0) is 56.5 Å². The molecule has 2 rings (SSSR count). The van der Waals surface area contributed by atoms with Gasteiger partial charge >= 0.3 is 0 Å². The summed E-state index contributed by atoms with van der Waals surface area (Å²) in [6, 6.07) is 5.72. The van der Waals surface area contributed by atoms with Gasteiger partial charge in [0.15, 0.2) is 0 Å². The fraction of sp³-hybridized carbons (Fsp3) is 0.647. The van der Waals surface area contributed by atoms with Gasteiger partial charge in [-0.25, -0.2) is 4.39 Å². The third kappa shape index (κ3) is 4.41. The van der Waals surface area contributed by atoms with Crippen molar-refractivity contribution < 1.29 is 4.39 Å². The molecule has 21 heavy (non-hydrogen) atoms. The Morgan fingerprint density at radius 2 is 1.90 bits per heavy atom. The molecule has 118 valence electrons. The van der Waals surface area contributed by atoms with Gasteiger partial charge in [0.1, 0.15) is 5.82 Å². The third-order valence-corrected chi connectivity index (χ3v) is 4.76. The molecule has 2 atom stereocenters. The number of hydrogen-bond acceptors (Lipinski definition) is 2. The van der Waals surface area contributed by atoms with Crippen LogP contribution >= 0.6 is 11.6 Å². The molecule has 0 amide bonds. The summed E-state index contributed by atoms with van der Waals surface area (Å²) in [6.45, 7) is 9.96. The highest BCUT2D eigenvalue weighted by Gasteiger charge is 2.24. The summed E-state index contributed by atoms with van der Waals surface area (Å²) in [7, 11) is 0. The topological polar surface area (TPSA) is 15.3 Å². The first-order chi connectivity index (χ1) is 9.99. The van der Waals surface area contributed by atoms with Crippen LogP contribution in [0.4, 0.5) is 4.39 Å². The summed E-state index contributed by atoms with van der Waals surface area (Å²) in [5, 5.41) is 3.74. The maximum atomic E-state index is 13.5. The van der Waals surface area contributed by atoms with Crippen molar-refractivity contribution in [3.63, 3.8) is 0 Å². The largest absolute Gasteiger partial charge is 0.309 e. The Labute approximate surface area is 132 Å². The molecule has 1 heterocycles. The van der Waals surface area contributed by atoms with Gasteiger partial charge in [-0.3, -0.25) is 4.90 Å². The number of hydrogen-bond donors (Lipinski definition) is 1. The van der Waals surface area contributed by atoms with Crippen molar-refractivity contribution in [2.45, 2.75) is 45.7 Å². The van der Waals surface area contributed by atoms with E-state index in [-0.39, 0.29) is 16.9 Å². The molecular weight excluding hydrogens is 287 g/mol. The molecular formula is C17H26ClFN2. The summed E-state index contributed by atoms with van der Waals surface area (Å²) in [4.78, 5) is 2.58. The third-order valence-electron chi connectivity index (χ3n) is 4.46. The molecule has 2 nitrogen and oxygen atoms in total. The Kier molecular flexibility index (Phi) is 6.03. The average molecular weight is 313 g/mol. The van der Waals surface area contributed by atoms with Gasteiger partial charge in [-0.1, -0.05) is 31.5 Å². The maximum Gasteiger partial charge on any atom is 0.142 e. The monoisotopic (exact) mass is 312 g/mol. The Hall–Kier alpha value is -0.640. The van der Waals surface area contributed by atoms with Crippen LogP contribution in [-0.4, -0.2) is 30.6 Å². The fourth-order valence-electron chi connectivity index (χ4n) is 3.06. The van der Waals surface area contributed by atoms with E-state index >= 15 is 0 Å². The quantitative estimate of drug-likeness (QED) is 0.844. The molecule has 1 aromatic rings. The highest BCUT2D eigenvalue weighted by Crippen LogP contribution is 2.21. The van der Waals surface area contributed by atoms with Gasteiger partial charge in [-0.2, -0.15) is 0 Å². The van der Waals surface area contributed by atoms with Crippen LogP contribution in [0.3, 0.4) is 0 Å². The smallest absolute Gasteiger partial charge is 0.142 e. The van der Waals surface area contributed by atoms with Crippen LogP contribution in [0.1, 0.15) is 45.2 Å². The van der Waals surface area contributed by atoms with Crippen molar-refractivity contribution >= 4 is 11.6 Å². The number of rotatable bonds is 6. The van der Waals surface area contributed by atoms with E-state index in [9.17, 15) is 4.39 Å². The zero-order valence-electron chi connectivity index (χ0n) is 13.2. The first-order valence-corrected chi connectivity index (χ1v) is 8.29. The van der Waals surface area contributed by atoms with Crippen molar-refractivity contribution in [3.05, 3.63) is 34.6 Å². The zero-order chi connectivity index (χ0) is 15.4. The SMILES string of the molecule is CC(NCC(C(C)C)N1CCCC1)c1ccc(Cl)c(F)c1. The molecule has 1 saturated heterocycles. The predicted molar refractivity (Wildman–Crippen MR) is 87.3 cm³/mol. The highest BCUT2D eigenvalue weighted by molar-refractivity contribution is 6.30. The Morgan fingerprint density at radius 1 is 1.24 bits per heavy atom. The zero-order valence-corrected chi connectivity index (χ0v) is 14.0. The van der Waals surface area contributed by atoms with Crippen molar-refractivity contribution in [3.8, 4) is 0 Å². The first kappa shape index (κ1) is 16.7. The van der Waals surface area contributed by atoms with Gasteiger partial charge in [0.25, 0.3) is 0 Å². The lowest BCUT2D eigenvalue weighted by atomic mass is 10.0. The number of nitrogens with zero attached hydrogens (tertiary/aromatic N) is 1. The van der Waals surface area contributed by atoms with Crippen molar-refractivity contribution in [1.82, 2.24) is 10.2 Å². The van der Waals surface area contributed by atoms with Crippen molar-refractivity contribution in [2.24, 2.45) is 5.92 Å². The molecule has 1 fully saturated rings. The van der Waals surface area contributed by atoms with Crippen molar-refractivity contribution in [1.29, 1.82) is 0 Å². The van der Waals surface area contributed by atoms with E-state index in [0.29, 0.717) is 12.0 Å². The highest BCUT2D eigenvalue weighted by atomic mass is 35.5. The minimum absolute atomic E-state index is 0.126. The Bertz CT molecular complexity index is 458. The van der Waals surface area contributed by atoms with E-state index < -0.39 is 0 Å². The van der Waals surface area contributed by atoms with Crippen LogP contribution in [0.25, 0.3) is 0 Å². The minimum Gasteiger partial charge on any atom is -0.309 e. The summed E-state index contributed by atoms with van der Waals surface area (Å²) in [5.74, 6) is 0.271. The predicted octanol–water partition coefficient (Wildman–Crippen LogP) is 4.25. The maximum absolute atomic E-state index is 13.5. The lowest BCUT2D eigenvalue weighted by molar-refractivity contribution is 0.183. The van der Waals surface area contributed by atoms with Crippen LogP contribution in [0.2, 0.25) is 5.02 Å². The molecule has 0 aromatic heterocycles. The summed E-state index contributed by atoms with van der Waals surface area (Å²) in [6.07, 6.45) is 2.61. The molecule has 1 aliphatic heterocycles. The van der Waals surface area contributed by atoms with Crippen LogP contribution in [0.15, 0.2) is 18.2 Å². The van der Waals surface area contributed by atoms with E-state index in [2.05, 4.69) is 31.0 Å². The summed E-state index contributed by atoms with van der Waals surface area (Å²) < 4.78 is 13.5. The molecule has 1 aliphatic rings. The second-order valence-corrected chi connectivity index (χ2v) is 6.77. The van der Waals surface area contributed by atoms with Crippen LogP contribution in [0.5, 0.6) is 0 Å². The Morgan fingerprint density at radius 3 is 2.48 bits per heavy atom. The van der Waals surface area contributed by atoms with E-state index in [1.54, 1.807) is 6.07 Å². The fourth-order valence-corrected chi connectivity index (χ4v) is 3.17. The Balaban J connectivity index is 1.94. The number of likely N-dealkylation sites (tertiary alicyclic amines) is 1. The lowest BCUT2D eigenvalue weighted by Crippen LogP contribution is -2.44. The van der Waals surface area contributed by atoms with Crippen LogP contribution in [0, 0.1) is 11.7 Å². The molecule has 0 aliphatic carbocycles. The average Bonchev–Trinajstić information content (AvgIpc) is 2.95. The van der Waals surface area contributed by atoms with E-state index in [4.69, 9.17) is 11.6 Å². The lowest BCUT2D eigenvalue weighted by Gasteiger charge is -2.32. The van der Waals surface area contributed by atoms with Gasteiger partial charge in [-0.15, -0.1) is 0 Å². The molecule has 2 unspecified atom stereocenters. The van der Waals surface area contributed by atoms with Crippen LogP contribution in [-0.2, 0) is 0 Å². The molecule has 4 heteroatoms. The molecule has 0 spiro atoms. The van der Waals surface area contributed by atoms with E-state index in [1.807, 2.05) is 6.07 Å². The number of nitrogens with one attached hydrogen (secondary N) is 1.